The molecule has 5 heterocycles. The van der Waals surface area contributed by atoms with Crippen LogP contribution in [0, 0.1) is 5.92 Å². The number of amides is 1. The van der Waals surface area contributed by atoms with Gasteiger partial charge in [0.05, 0.1) is 19.4 Å². The molecule has 4 saturated heterocycles. The zero-order valence-electron chi connectivity index (χ0n) is 17.3. The van der Waals surface area contributed by atoms with Crippen LogP contribution in [0.3, 0.4) is 0 Å². The van der Waals surface area contributed by atoms with Crippen LogP contribution in [0.15, 0.2) is 39.7 Å². The van der Waals surface area contributed by atoms with E-state index in [1.165, 1.54) is 30.9 Å². The molecule has 8 heteroatoms. The highest BCUT2D eigenvalue weighted by atomic mass is 32.2. The van der Waals surface area contributed by atoms with Crippen molar-refractivity contribution in [3.63, 3.8) is 0 Å². The maximum Gasteiger partial charge on any atom is 0.251 e. The summed E-state index contributed by atoms with van der Waals surface area (Å²) in [7, 11) is 0. The minimum Gasteiger partial charge on any atom is -0.378 e. The third-order valence-electron chi connectivity index (χ3n) is 6.59. The number of morpholine rings is 1. The van der Waals surface area contributed by atoms with E-state index in [9.17, 15) is 4.79 Å². The molecule has 2 bridgehead atoms. The number of rotatable bonds is 5. The number of aromatic nitrogens is 1. The highest BCUT2D eigenvalue weighted by Gasteiger charge is 2.40. The molecule has 1 amide bonds. The second-order valence-corrected chi connectivity index (χ2v) is 10.6. The van der Waals surface area contributed by atoms with Crippen molar-refractivity contribution in [2.45, 2.75) is 41.1 Å². The number of anilines is 1. The van der Waals surface area contributed by atoms with Gasteiger partial charge in [-0.2, -0.15) is 0 Å². The summed E-state index contributed by atoms with van der Waals surface area (Å²) in [5, 5.41) is 4.51. The van der Waals surface area contributed by atoms with E-state index >= 15 is 0 Å². The molecule has 0 aliphatic carbocycles. The number of thiazole rings is 1. The molecule has 4 aliphatic rings. The molecule has 1 aromatic carbocycles. The van der Waals surface area contributed by atoms with Crippen molar-refractivity contribution in [1.82, 2.24) is 15.2 Å². The Morgan fingerprint density at radius 2 is 1.90 bits per heavy atom. The normalized spacial score (nSPS) is 28.5. The van der Waals surface area contributed by atoms with Gasteiger partial charge in [0.25, 0.3) is 5.91 Å². The van der Waals surface area contributed by atoms with Crippen molar-refractivity contribution in [3.8, 4) is 0 Å². The van der Waals surface area contributed by atoms with Crippen LogP contribution >= 0.6 is 23.1 Å². The van der Waals surface area contributed by atoms with Crippen molar-refractivity contribution in [2.24, 2.45) is 5.92 Å². The number of carbonyl (C=O) groups is 1. The molecular weight excluding hydrogens is 416 g/mol. The lowest BCUT2D eigenvalue weighted by atomic mass is 9.79. The Labute approximate surface area is 186 Å². The molecule has 0 spiro atoms. The van der Waals surface area contributed by atoms with E-state index in [-0.39, 0.29) is 11.9 Å². The molecular formula is C22H28N4O2S2. The first kappa shape index (κ1) is 20.3. The topological polar surface area (TPSA) is 57.7 Å². The SMILES string of the molecule is C[C@@H]1[C@H](NC(=O)c2ccc(Sc3ncc(N4CCOCC4)s3)cc2)C2CCN1CC2. The van der Waals surface area contributed by atoms with Gasteiger partial charge in [0.2, 0.25) is 0 Å². The first-order valence-corrected chi connectivity index (χ1v) is 12.4. The quantitative estimate of drug-likeness (QED) is 0.763. The lowest BCUT2D eigenvalue weighted by Gasteiger charge is -2.49. The molecule has 6 nitrogen and oxygen atoms in total. The van der Waals surface area contributed by atoms with E-state index in [0.717, 1.165) is 41.1 Å². The van der Waals surface area contributed by atoms with Crippen molar-refractivity contribution in [2.75, 3.05) is 44.3 Å². The van der Waals surface area contributed by atoms with E-state index in [1.54, 1.807) is 23.1 Å². The maximum absolute atomic E-state index is 12.8. The molecule has 4 fully saturated rings. The summed E-state index contributed by atoms with van der Waals surface area (Å²) in [4.78, 5) is 23.3. The van der Waals surface area contributed by atoms with Gasteiger partial charge < -0.3 is 15.0 Å². The molecule has 2 aromatic rings. The second-order valence-electron chi connectivity index (χ2n) is 8.30. The first-order valence-electron chi connectivity index (χ1n) is 10.8. The van der Waals surface area contributed by atoms with Gasteiger partial charge in [0.15, 0.2) is 4.34 Å². The number of nitrogens with one attached hydrogen (secondary N) is 1. The van der Waals surface area contributed by atoms with Gasteiger partial charge in [0.1, 0.15) is 5.00 Å². The summed E-state index contributed by atoms with van der Waals surface area (Å²) in [5.41, 5.74) is 0.733. The standard InChI is InChI=1S/C22H28N4O2S2/c1-15-20(16-6-8-25(15)9-7-16)24-21(27)17-2-4-18(5-3-17)29-22-23-14-19(30-22)26-10-12-28-13-11-26/h2-5,14-16,20H,6-13H2,1H3,(H,24,27)/t15-,20+/m1/s1. The lowest BCUT2D eigenvalue weighted by molar-refractivity contribution is 0.0217. The van der Waals surface area contributed by atoms with Crippen molar-refractivity contribution < 1.29 is 9.53 Å². The summed E-state index contributed by atoms with van der Waals surface area (Å²) < 4.78 is 6.45. The highest BCUT2D eigenvalue weighted by molar-refractivity contribution is 8.01. The predicted octanol–water partition coefficient (Wildman–Crippen LogP) is 3.34. The molecule has 4 aliphatic heterocycles. The molecule has 2 atom stereocenters. The van der Waals surface area contributed by atoms with Gasteiger partial charge in [-0.15, -0.1) is 0 Å². The molecule has 0 saturated carbocycles. The summed E-state index contributed by atoms with van der Waals surface area (Å²) in [5.74, 6) is 0.662. The molecule has 6 rings (SSSR count). The van der Waals surface area contributed by atoms with Gasteiger partial charge in [0, 0.05) is 35.6 Å². The summed E-state index contributed by atoms with van der Waals surface area (Å²) in [6.45, 7) is 8.00. The number of benzene rings is 1. The number of ether oxygens (including phenoxy) is 1. The molecule has 1 N–H and O–H groups in total. The molecule has 30 heavy (non-hydrogen) atoms. The van der Waals surface area contributed by atoms with Gasteiger partial charge in [-0.25, -0.2) is 4.98 Å². The fraction of sp³-hybridized carbons (Fsp3) is 0.545. The van der Waals surface area contributed by atoms with E-state index in [0.29, 0.717) is 12.0 Å². The Bertz CT molecular complexity index is 872. The Kier molecular flexibility index (Phi) is 6.00. The lowest BCUT2D eigenvalue weighted by Crippen LogP contribution is -2.62. The first-order chi connectivity index (χ1) is 14.7. The number of piperidine rings is 3. The number of fused-ring (bicyclic) bond motifs is 3. The molecule has 160 valence electrons. The average molecular weight is 445 g/mol. The Morgan fingerprint density at radius 3 is 2.60 bits per heavy atom. The van der Waals surface area contributed by atoms with Crippen LogP contribution in [0.4, 0.5) is 5.00 Å². The Morgan fingerprint density at radius 1 is 1.17 bits per heavy atom. The summed E-state index contributed by atoms with van der Waals surface area (Å²) in [6.07, 6.45) is 4.35. The van der Waals surface area contributed by atoms with Gasteiger partial charge >= 0.3 is 0 Å². The Hall–Kier alpha value is -1.61. The zero-order valence-corrected chi connectivity index (χ0v) is 18.9. The zero-order chi connectivity index (χ0) is 20.5. The van der Waals surface area contributed by atoms with Crippen molar-refractivity contribution in [1.29, 1.82) is 0 Å². The van der Waals surface area contributed by atoms with E-state index in [4.69, 9.17) is 4.74 Å². The van der Waals surface area contributed by atoms with Crippen molar-refractivity contribution >= 4 is 34.0 Å². The smallest absolute Gasteiger partial charge is 0.251 e. The molecule has 0 radical (unpaired) electrons. The van der Waals surface area contributed by atoms with Gasteiger partial charge in [-0.1, -0.05) is 23.1 Å². The predicted molar refractivity (Wildman–Crippen MR) is 121 cm³/mol. The summed E-state index contributed by atoms with van der Waals surface area (Å²) in [6, 6.07) is 8.61. The number of hydrogen-bond donors (Lipinski definition) is 1. The van der Waals surface area contributed by atoms with Crippen LogP contribution in [0.1, 0.15) is 30.1 Å². The third kappa shape index (κ3) is 4.23. The van der Waals surface area contributed by atoms with Crippen LogP contribution in [0.5, 0.6) is 0 Å². The molecule has 1 aromatic heterocycles. The Balaban J connectivity index is 1.19. The summed E-state index contributed by atoms with van der Waals surface area (Å²) >= 11 is 3.36. The third-order valence-corrected chi connectivity index (χ3v) is 8.73. The van der Waals surface area contributed by atoms with E-state index in [1.807, 2.05) is 30.5 Å². The monoisotopic (exact) mass is 444 g/mol. The number of carbonyl (C=O) groups excluding carboxylic acids is 1. The second kappa shape index (κ2) is 8.86. The van der Waals surface area contributed by atoms with Crippen LogP contribution in [-0.2, 0) is 4.74 Å². The maximum atomic E-state index is 12.8. The van der Waals surface area contributed by atoms with Crippen LogP contribution in [-0.4, -0.2) is 67.3 Å². The number of hydrogen-bond acceptors (Lipinski definition) is 7. The van der Waals surface area contributed by atoms with E-state index in [2.05, 4.69) is 27.0 Å². The average Bonchev–Trinajstić information content (AvgIpc) is 3.26. The van der Waals surface area contributed by atoms with Crippen molar-refractivity contribution in [3.05, 3.63) is 36.0 Å². The van der Waals surface area contributed by atoms with Crippen LogP contribution in [0.2, 0.25) is 0 Å². The van der Waals surface area contributed by atoms with E-state index < -0.39 is 0 Å². The van der Waals surface area contributed by atoms with Crippen LogP contribution < -0.4 is 10.2 Å². The minimum atomic E-state index is 0.0426. The highest BCUT2D eigenvalue weighted by Crippen LogP contribution is 2.35. The van der Waals surface area contributed by atoms with Crippen LogP contribution in [0.25, 0.3) is 0 Å². The minimum absolute atomic E-state index is 0.0426. The fourth-order valence-electron chi connectivity index (χ4n) is 4.78. The number of nitrogens with zero attached hydrogens (tertiary/aromatic N) is 3. The van der Waals surface area contributed by atoms with Gasteiger partial charge in [-0.05, 0) is 63.0 Å². The fourth-order valence-corrected chi connectivity index (χ4v) is 6.77. The largest absolute Gasteiger partial charge is 0.378 e. The van der Waals surface area contributed by atoms with Gasteiger partial charge in [-0.3, -0.25) is 9.69 Å². The molecule has 0 unspecified atom stereocenters.